The maximum atomic E-state index is 11.5. The molecule has 0 aliphatic heterocycles. The summed E-state index contributed by atoms with van der Waals surface area (Å²) in [6.07, 6.45) is 1.08. The average Bonchev–Trinajstić information content (AvgIpc) is 2.28. The van der Waals surface area contributed by atoms with Gasteiger partial charge in [-0.2, -0.15) is 0 Å². The van der Waals surface area contributed by atoms with E-state index in [4.69, 9.17) is 11.6 Å². The number of hydrogen-bond acceptors (Lipinski definition) is 2. The van der Waals surface area contributed by atoms with Crippen LogP contribution in [0.1, 0.15) is 25.8 Å². The van der Waals surface area contributed by atoms with Crippen molar-refractivity contribution >= 4 is 34.8 Å². The van der Waals surface area contributed by atoms with Crippen LogP contribution < -0.4 is 10.6 Å². The van der Waals surface area contributed by atoms with Gasteiger partial charge in [-0.15, -0.1) is 11.6 Å². The minimum Gasteiger partial charge on any atom is -0.326 e. The van der Waals surface area contributed by atoms with E-state index in [1.807, 2.05) is 19.1 Å². The molecular formula is C13H17ClN2O2. The Morgan fingerprint density at radius 3 is 2.56 bits per heavy atom. The Hall–Kier alpha value is -1.55. The van der Waals surface area contributed by atoms with E-state index in [2.05, 4.69) is 10.6 Å². The van der Waals surface area contributed by atoms with Crippen LogP contribution in [0.3, 0.4) is 0 Å². The van der Waals surface area contributed by atoms with Gasteiger partial charge in [0.05, 0.1) is 0 Å². The summed E-state index contributed by atoms with van der Waals surface area (Å²) >= 11 is 5.52. The molecule has 0 heterocycles. The first-order valence-corrected chi connectivity index (χ1v) is 6.36. The topological polar surface area (TPSA) is 58.2 Å². The van der Waals surface area contributed by atoms with Crippen LogP contribution >= 0.6 is 11.6 Å². The van der Waals surface area contributed by atoms with Crippen molar-refractivity contribution in [1.29, 1.82) is 0 Å². The molecule has 0 bridgehead atoms. The number of carbonyl (C=O) groups is 2. The molecule has 0 aromatic heterocycles. The van der Waals surface area contributed by atoms with Crippen LogP contribution in [-0.4, -0.2) is 17.7 Å². The summed E-state index contributed by atoms with van der Waals surface area (Å²) in [4.78, 5) is 22.5. The summed E-state index contributed by atoms with van der Waals surface area (Å²) in [5, 5.41) is 5.49. The number of halogens is 1. The number of alkyl halides is 1. The highest BCUT2D eigenvalue weighted by Crippen LogP contribution is 2.22. The molecule has 0 fully saturated rings. The molecule has 1 rings (SSSR count). The number of anilines is 2. The number of benzene rings is 1. The molecule has 0 unspecified atom stereocenters. The van der Waals surface area contributed by atoms with Crippen molar-refractivity contribution in [3.05, 3.63) is 23.8 Å². The smallest absolute Gasteiger partial charge is 0.225 e. The van der Waals surface area contributed by atoms with Gasteiger partial charge >= 0.3 is 0 Å². The zero-order chi connectivity index (χ0) is 13.5. The van der Waals surface area contributed by atoms with E-state index in [0.29, 0.717) is 11.6 Å². The van der Waals surface area contributed by atoms with Gasteiger partial charge in [-0.1, -0.05) is 13.0 Å². The number of aryl methyl sites for hydroxylation is 1. The number of rotatable bonds is 5. The van der Waals surface area contributed by atoms with E-state index in [1.165, 1.54) is 6.92 Å². The van der Waals surface area contributed by atoms with Crippen molar-refractivity contribution in [2.75, 3.05) is 16.5 Å². The fourth-order valence-corrected chi connectivity index (χ4v) is 1.75. The van der Waals surface area contributed by atoms with Crippen LogP contribution in [0.15, 0.2) is 18.2 Å². The third-order valence-corrected chi connectivity index (χ3v) is 2.60. The number of nitrogens with one attached hydrogen (secondary N) is 2. The maximum Gasteiger partial charge on any atom is 0.225 e. The quantitative estimate of drug-likeness (QED) is 0.807. The molecule has 0 saturated heterocycles. The van der Waals surface area contributed by atoms with Gasteiger partial charge in [-0.05, 0) is 24.1 Å². The number of amides is 2. The summed E-state index contributed by atoms with van der Waals surface area (Å²) in [5.74, 6) is 0.0237. The van der Waals surface area contributed by atoms with Crippen molar-refractivity contribution < 1.29 is 9.59 Å². The van der Waals surface area contributed by atoms with Gasteiger partial charge in [0.25, 0.3) is 0 Å². The molecule has 0 atom stereocenters. The molecule has 1 aromatic carbocycles. The Morgan fingerprint density at radius 2 is 2.00 bits per heavy atom. The van der Waals surface area contributed by atoms with Gasteiger partial charge in [0.1, 0.15) is 0 Å². The lowest BCUT2D eigenvalue weighted by molar-refractivity contribution is -0.116. The van der Waals surface area contributed by atoms with E-state index < -0.39 is 0 Å². The molecule has 1 aromatic rings. The Labute approximate surface area is 112 Å². The molecular weight excluding hydrogens is 252 g/mol. The normalized spacial score (nSPS) is 9.94. The van der Waals surface area contributed by atoms with Gasteiger partial charge in [0.2, 0.25) is 11.8 Å². The first-order chi connectivity index (χ1) is 8.56. The molecule has 4 nitrogen and oxygen atoms in total. The summed E-state index contributed by atoms with van der Waals surface area (Å²) in [5.41, 5.74) is 2.41. The lowest BCUT2D eigenvalue weighted by atomic mass is 10.1. The fourth-order valence-electron chi connectivity index (χ4n) is 1.58. The van der Waals surface area contributed by atoms with E-state index >= 15 is 0 Å². The van der Waals surface area contributed by atoms with Crippen molar-refractivity contribution in [3.63, 3.8) is 0 Å². The fraction of sp³-hybridized carbons (Fsp3) is 0.385. The first kappa shape index (κ1) is 14.5. The minimum absolute atomic E-state index is 0.125. The highest BCUT2D eigenvalue weighted by Gasteiger charge is 2.07. The Bertz CT molecular complexity index is 447. The second-order valence-electron chi connectivity index (χ2n) is 3.89. The van der Waals surface area contributed by atoms with E-state index in [-0.39, 0.29) is 18.2 Å². The standard InChI is InChI=1S/C13H17ClN2O2/c1-3-10-4-5-11(15-9(2)17)8-12(10)16-13(18)6-7-14/h4-5,8H,3,6-7H2,1-2H3,(H,15,17)(H,16,18). The van der Waals surface area contributed by atoms with Crippen LogP contribution in [0.2, 0.25) is 0 Å². The first-order valence-electron chi connectivity index (χ1n) is 5.83. The molecule has 98 valence electrons. The molecule has 5 heteroatoms. The van der Waals surface area contributed by atoms with Gasteiger partial charge in [0, 0.05) is 30.6 Å². The monoisotopic (exact) mass is 268 g/mol. The van der Waals surface area contributed by atoms with Crippen molar-refractivity contribution in [2.45, 2.75) is 26.7 Å². The third kappa shape index (κ3) is 4.37. The Kier molecular flexibility index (Phi) is 5.65. The molecule has 0 spiro atoms. The van der Waals surface area contributed by atoms with Gasteiger partial charge in [0.15, 0.2) is 0 Å². The summed E-state index contributed by atoms with van der Waals surface area (Å²) in [6.45, 7) is 3.45. The highest BCUT2D eigenvalue weighted by atomic mass is 35.5. The molecule has 18 heavy (non-hydrogen) atoms. The lowest BCUT2D eigenvalue weighted by Crippen LogP contribution is -2.14. The maximum absolute atomic E-state index is 11.5. The SMILES string of the molecule is CCc1ccc(NC(C)=O)cc1NC(=O)CCCl. The van der Waals surface area contributed by atoms with Crippen LogP contribution in [0, 0.1) is 0 Å². The van der Waals surface area contributed by atoms with Gasteiger partial charge < -0.3 is 10.6 Å². The van der Waals surface area contributed by atoms with E-state index in [9.17, 15) is 9.59 Å². The largest absolute Gasteiger partial charge is 0.326 e. The number of hydrogen-bond donors (Lipinski definition) is 2. The summed E-state index contributed by atoms with van der Waals surface area (Å²) in [7, 11) is 0. The van der Waals surface area contributed by atoms with E-state index in [1.54, 1.807) is 6.07 Å². The zero-order valence-corrected chi connectivity index (χ0v) is 11.3. The second-order valence-corrected chi connectivity index (χ2v) is 4.27. The Balaban J connectivity index is 2.91. The molecule has 0 saturated carbocycles. The van der Waals surface area contributed by atoms with Crippen molar-refractivity contribution in [2.24, 2.45) is 0 Å². The third-order valence-electron chi connectivity index (χ3n) is 2.41. The molecule has 0 aliphatic rings. The highest BCUT2D eigenvalue weighted by molar-refractivity contribution is 6.19. The predicted octanol–water partition coefficient (Wildman–Crippen LogP) is 2.77. The van der Waals surface area contributed by atoms with Gasteiger partial charge in [-0.3, -0.25) is 9.59 Å². The summed E-state index contributed by atoms with van der Waals surface area (Å²) < 4.78 is 0. The molecule has 0 aliphatic carbocycles. The lowest BCUT2D eigenvalue weighted by Gasteiger charge is -2.12. The average molecular weight is 269 g/mol. The minimum atomic E-state index is -0.141. The molecule has 0 radical (unpaired) electrons. The van der Waals surface area contributed by atoms with Gasteiger partial charge in [-0.25, -0.2) is 0 Å². The van der Waals surface area contributed by atoms with Crippen LogP contribution in [0.25, 0.3) is 0 Å². The van der Waals surface area contributed by atoms with Crippen molar-refractivity contribution in [3.8, 4) is 0 Å². The summed E-state index contributed by atoms with van der Waals surface area (Å²) in [6, 6.07) is 5.46. The predicted molar refractivity (Wildman–Crippen MR) is 74.1 cm³/mol. The zero-order valence-electron chi connectivity index (χ0n) is 10.5. The van der Waals surface area contributed by atoms with Crippen LogP contribution in [0.4, 0.5) is 11.4 Å². The van der Waals surface area contributed by atoms with Crippen molar-refractivity contribution in [1.82, 2.24) is 0 Å². The molecule has 2 amide bonds. The van der Waals surface area contributed by atoms with E-state index in [0.717, 1.165) is 17.7 Å². The van der Waals surface area contributed by atoms with Crippen LogP contribution in [-0.2, 0) is 16.0 Å². The number of carbonyl (C=O) groups excluding carboxylic acids is 2. The van der Waals surface area contributed by atoms with Crippen LogP contribution in [0.5, 0.6) is 0 Å². The Morgan fingerprint density at radius 1 is 1.28 bits per heavy atom. The molecule has 2 N–H and O–H groups in total. The second kappa shape index (κ2) is 7.01.